The maximum atomic E-state index is 13.4. The first-order valence-electron chi connectivity index (χ1n) is 11.2. The van der Waals surface area contributed by atoms with Crippen LogP contribution >= 0.6 is 0 Å². The molecule has 0 bridgehead atoms. The summed E-state index contributed by atoms with van der Waals surface area (Å²) in [6.45, 7) is 3.45. The highest BCUT2D eigenvalue weighted by Gasteiger charge is 2.38. The second-order valence-electron chi connectivity index (χ2n) is 8.29. The third kappa shape index (κ3) is 6.17. The Bertz CT molecular complexity index is 1470. The quantitative estimate of drug-likeness (QED) is 0.341. The predicted octanol–water partition coefficient (Wildman–Crippen LogP) is 4.41. The average Bonchev–Trinajstić information content (AvgIpc) is 3.40. The van der Waals surface area contributed by atoms with Crippen molar-refractivity contribution in [1.82, 2.24) is 30.7 Å². The van der Waals surface area contributed by atoms with Gasteiger partial charge >= 0.3 is 12.1 Å². The standard InChI is InChI=1S/C25H20F4N6O3/c1-13-9-15(3-8-18(13)26)11-30-22(36)19-10-20(32-12-31-19)23(37)33-14(2)16-4-6-17(7-5-16)21-34-24(38-35-21)25(27,28)29/h3-10,12,14H,11H2,1-2H3,(H,30,36)(H,33,37). The molecular formula is C25H20F4N6O3. The number of amides is 2. The van der Waals surface area contributed by atoms with Crippen molar-refractivity contribution in [3.05, 3.63) is 94.6 Å². The fourth-order valence-corrected chi connectivity index (χ4v) is 3.43. The van der Waals surface area contributed by atoms with Gasteiger partial charge in [-0.25, -0.2) is 14.4 Å². The van der Waals surface area contributed by atoms with Gasteiger partial charge in [0.1, 0.15) is 23.5 Å². The van der Waals surface area contributed by atoms with Gasteiger partial charge in [0.2, 0.25) is 5.82 Å². The maximum absolute atomic E-state index is 13.4. The summed E-state index contributed by atoms with van der Waals surface area (Å²) in [7, 11) is 0. The molecule has 0 spiro atoms. The van der Waals surface area contributed by atoms with Gasteiger partial charge in [0, 0.05) is 18.2 Å². The third-order valence-electron chi connectivity index (χ3n) is 5.49. The Balaban J connectivity index is 1.37. The molecule has 0 saturated carbocycles. The Morgan fingerprint density at radius 1 is 1.00 bits per heavy atom. The number of hydrogen-bond donors (Lipinski definition) is 2. The van der Waals surface area contributed by atoms with Gasteiger partial charge in [-0.05, 0) is 36.6 Å². The van der Waals surface area contributed by atoms with Crippen LogP contribution in [0.2, 0.25) is 0 Å². The average molecular weight is 528 g/mol. The molecule has 0 aliphatic rings. The van der Waals surface area contributed by atoms with Gasteiger partial charge in [0.15, 0.2) is 0 Å². The van der Waals surface area contributed by atoms with Crippen molar-refractivity contribution < 1.29 is 31.7 Å². The van der Waals surface area contributed by atoms with Gasteiger partial charge in [0.05, 0.1) is 6.04 Å². The molecule has 2 aromatic carbocycles. The van der Waals surface area contributed by atoms with Gasteiger partial charge in [-0.3, -0.25) is 9.59 Å². The monoisotopic (exact) mass is 528 g/mol. The van der Waals surface area contributed by atoms with Crippen molar-refractivity contribution in [1.29, 1.82) is 0 Å². The molecule has 0 saturated heterocycles. The van der Waals surface area contributed by atoms with Crippen LogP contribution in [0, 0.1) is 12.7 Å². The molecule has 0 fully saturated rings. The van der Waals surface area contributed by atoms with E-state index < -0.39 is 29.9 Å². The molecule has 0 aliphatic carbocycles. The van der Waals surface area contributed by atoms with E-state index in [-0.39, 0.29) is 29.6 Å². The minimum Gasteiger partial charge on any atom is -0.347 e. The van der Waals surface area contributed by atoms with E-state index in [0.717, 1.165) is 6.33 Å². The molecular weight excluding hydrogens is 508 g/mol. The zero-order valence-electron chi connectivity index (χ0n) is 20.0. The van der Waals surface area contributed by atoms with Gasteiger partial charge in [-0.2, -0.15) is 18.2 Å². The van der Waals surface area contributed by atoms with E-state index in [4.69, 9.17) is 0 Å². The molecule has 2 amide bonds. The second-order valence-corrected chi connectivity index (χ2v) is 8.29. The first kappa shape index (κ1) is 26.4. The fraction of sp³-hybridized carbons (Fsp3) is 0.200. The summed E-state index contributed by atoms with van der Waals surface area (Å²) in [4.78, 5) is 36.4. The largest absolute Gasteiger partial charge is 0.471 e. The van der Waals surface area contributed by atoms with E-state index in [9.17, 15) is 27.2 Å². The zero-order chi connectivity index (χ0) is 27.4. The van der Waals surface area contributed by atoms with Gasteiger partial charge in [-0.1, -0.05) is 41.6 Å². The van der Waals surface area contributed by atoms with Crippen LogP contribution < -0.4 is 10.6 Å². The Kier molecular flexibility index (Phi) is 7.46. The lowest BCUT2D eigenvalue weighted by Gasteiger charge is -2.14. The number of halogens is 4. The molecule has 196 valence electrons. The molecule has 2 heterocycles. The second kappa shape index (κ2) is 10.7. The summed E-state index contributed by atoms with van der Waals surface area (Å²) in [5.41, 5.74) is 2.02. The smallest absolute Gasteiger partial charge is 0.347 e. The molecule has 1 atom stereocenters. The molecule has 0 radical (unpaired) electrons. The predicted molar refractivity (Wildman–Crippen MR) is 125 cm³/mol. The van der Waals surface area contributed by atoms with E-state index in [1.54, 1.807) is 38.1 Å². The Morgan fingerprint density at radius 2 is 1.68 bits per heavy atom. The molecule has 2 N–H and O–H groups in total. The van der Waals surface area contributed by atoms with E-state index in [0.29, 0.717) is 22.3 Å². The van der Waals surface area contributed by atoms with E-state index in [2.05, 4.69) is 35.3 Å². The number of nitrogens with one attached hydrogen (secondary N) is 2. The first-order chi connectivity index (χ1) is 18.0. The molecule has 4 rings (SSSR count). The SMILES string of the molecule is Cc1cc(CNC(=O)c2cc(C(=O)NC(C)c3ccc(-c4noc(C(F)(F)F)n4)cc3)ncn2)ccc1F. The number of hydrogen-bond acceptors (Lipinski definition) is 7. The van der Waals surface area contributed by atoms with Crippen LogP contribution in [-0.4, -0.2) is 31.9 Å². The fourth-order valence-electron chi connectivity index (χ4n) is 3.43. The highest BCUT2D eigenvalue weighted by atomic mass is 19.4. The van der Waals surface area contributed by atoms with Crippen LogP contribution in [0.15, 0.2) is 59.4 Å². The molecule has 13 heteroatoms. The lowest BCUT2D eigenvalue weighted by atomic mass is 10.1. The molecule has 0 aliphatic heterocycles. The summed E-state index contributed by atoms with van der Waals surface area (Å²) < 4.78 is 55.7. The summed E-state index contributed by atoms with van der Waals surface area (Å²) in [6.07, 6.45) is -3.65. The van der Waals surface area contributed by atoms with E-state index in [1.807, 2.05) is 0 Å². The molecule has 2 aromatic heterocycles. The van der Waals surface area contributed by atoms with Crippen molar-refractivity contribution in [2.45, 2.75) is 32.6 Å². The van der Waals surface area contributed by atoms with Crippen molar-refractivity contribution in [3.63, 3.8) is 0 Å². The summed E-state index contributed by atoms with van der Waals surface area (Å²) in [5.74, 6) is -3.12. The third-order valence-corrected chi connectivity index (χ3v) is 5.49. The molecule has 1 unspecified atom stereocenters. The summed E-state index contributed by atoms with van der Waals surface area (Å²) in [5, 5.41) is 8.73. The number of nitrogens with zero attached hydrogens (tertiary/aromatic N) is 4. The number of rotatable bonds is 7. The van der Waals surface area contributed by atoms with Crippen molar-refractivity contribution in [2.24, 2.45) is 0 Å². The number of alkyl halides is 3. The minimum atomic E-state index is -4.74. The van der Waals surface area contributed by atoms with Crippen LogP contribution in [0.5, 0.6) is 0 Å². The molecule has 9 nitrogen and oxygen atoms in total. The lowest BCUT2D eigenvalue weighted by molar-refractivity contribution is -0.159. The van der Waals surface area contributed by atoms with Crippen molar-refractivity contribution in [2.75, 3.05) is 0 Å². The van der Waals surface area contributed by atoms with E-state index in [1.165, 1.54) is 24.3 Å². The van der Waals surface area contributed by atoms with Crippen LogP contribution in [0.1, 0.15) is 56.5 Å². The number of aryl methyl sites for hydroxylation is 1. The lowest BCUT2D eigenvalue weighted by Crippen LogP contribution is -2.29. The van der Waals surface area contributed by atoms with Gasteiger partial charge in [-0.15, -0.1) is 0 Å². The Labute approximate surface area is 213 Å². The summed E-state index contributed by atoms with van der Waals surface area (Å²) >= 11 is 0. The number of aromatic nitrogens is 4. The van der Waals surface area contributed by atoms with E-state index >= 15 is 0 Å². The van der Waals surface area contributed by atoms with Crippen molar-refractivity contribution >= 4 is 11.8 Å². The maximum Gasteiger partial charge on any atom is 0.471 e. The topological polar surface area (TPSA) is 123 Å². The molecule has 4 aromatic rings. The number of carbonyl (C=O) groups is 2. The summed E-state index contributed by atoms with van der Waals surface area (Å²) in [6, 6.07) is 11.4. The minimum absolute atomic E-state index is 0.0284. The highest BCUT2D eigenvalue weighted by Crippen LogP contribution is 2.29. The molecule has 38 heavy (non-hydrogen) atoms. The Morgan fingerprint density at radius 3 is 2.32 bits per heavy atom. The zero-order valence-corrected chi connectivity index (χ0v) is 20.0. The van der Waals surface area contributed by atoms with Gasteiger partial charge < -0.3 is 15.2 Å². The van der Waals surface area contributed by atoms with Crippen LogP contribution in [0.25, 0.3) is 11.4 Å². The first-order valence-corrected chi connectivity index (χ1v) is 11.2. The van der Waals surface area contributed by atoms with Crippen molar-refractivity contribution in [3.8, 4) is 11.4 Å². The Hall–Kier alpha value is -4.68. The van der Waals surface area contributed by atoms with Crippen LogP contribution in [-0.2, 0) is 12.7 Å². The van der Waals surface area contributed by atoms with Crippen LogP contribution in [0.4, 0.5) is 17.6 Å². The highest BCUT2D eigenvalue weighted by molar-refractivity contribution is 5.97. The van der Waals surface area contributed by atoms with Gasteiger partial charge in [0.25, 0.3) is 11.8 Å². The normalized spacial score (nSPS) is 12.2. The van der Waals surface area contributed by atoms with Crippen LogP contribution in [0.3, 0.4) is 0 Å². The number of benzene rings is 2. The number of carbonyl (C=O) groups excluding carboxylic acids is 2.